The first kappa shape index (κ1) is 16.2. The quantitative estimate of drug-likeness (QED) is 0.687. The van der Waals surface area contributed by atoms with Crippen LogP contribution in [0.3, 0.4) is 0 Å². The number of rotatable bonds is 7. The molecule has 0 bridgehead atoms. The third-order valence-electron chi connectivity index (χ3n) is 3.26. The molecule has 3 N–H and O–H groups in total. The number of carboxylic acid groups (broad SMARTS) is 1. The van der Waals surface area contributed by atoms with Gasteiger partial charge in [-0.1, -0.05) is 6.92 Å². The smallest absolute Gasteiger partial charge is 0.312 e. The molecular weight excluding hydrogens is 314 g/mol. The molecule has 7 nitrogen and oxygen atoms in total. The number of carbonyl (C=O) groups is 1. The molecule has 1 heterocycles. The minimum atomic E-state index is -3.26. The highest BCUT2D eigenvalue weighted by Gasteiger charge is 2.29. The fraction of sp³-hybridized carbons (Fsp3) is 0.667. The molecule has 1 aromatic heterocycles. The molecule has 118 valence electrons. The van der Waals surface area contributed by atoms with E-state index in [-0.39, 0.29) is 12.3 Å². The summed E-state index contributed by atoms with van der Waals surface area (Å²) >= 11 is 1.42. The second-order valence-corrected chi connectivity index (χ2v) is 7.86. The van der Waals surface area contributed by atoms with Gasteiger partial charge in [-0.2, -0.15) is 0 Å². The Morgan fingerprint density at radius 1 is 1.52 bits per heavy atom. The molecule has 0 aromatic carbocycles. The number of aliphatic carboxylic acids is 1. The Morgan fingerprint density at radius 2 is 2.29 bits per heavy atom. The van der Waals surface area contributed by atoms with Gasteiger partial charge < -0.3 is 10.4 Å². The number of nitrogens with zero attached hydrogens (tertiary/aromatic N) is 1. The molecular formula is C12H19N3O4S2. The molecule has 1 aliphatic carbocycles. The summed E-state index contributed by atoms with van der Waals surface area (Å²) in [5, 5.41) is 12.8. The minimum absolute atomic E-state index is 0.0343. The highest BCUT2D eigenvalue weighted by atomic mass is 32.2. The zero-order valence-corrected chi connectivity index (χ0v) is 13.4. The summed E-state index contributed by atoms with van der Waals surface area (Å²) in [6.07, 6.45) is 2.30. The average Bonchev–Trinajstić information content (AvgIpc) is 2.80. The van der Waals surface area contributed by atoms with E-state index >= 15 is 0 Å². The van der Waals surface area contributed by atoms with Gasteiger partial charge in [0.1, 0.15) is 5.92 Å². The van der Waals surface area contributed by atoms with E-state index in [0.717, 1.165) is 17.7 Å². The summed E-state index contributed by atoms with van der Waals surface area (Å²) in [5.41, 5.74) is 0.635. The number of aromatic nitrogens is 1. The van der Waals surface area contributed by atoms with E-state index in [4.69, 9.17) is 0 Å². The predicted molar refractivity (Wildman–Crippen MR) is 81.4 cm³/mol. The maximum atomic E-state index is 11.5. The molecule has 0 fully saturated rings. The Hall–Kier alpha value is -1.19. The highest BCUT2D eigenvalue weighted by molar-refractivity contribution is 7.89. The van der Waals surface area contributed by atoms with Crippen LogP contribution in [0.5, 0.6) is 0 Å². The van der Waals surface area contributed by atoms with E-state index < -0.39 is 21.9 Å². The van der Waals surface area contributed by atoms with Gasteiger partial charge in [0.25, 0.3) is 0 Å². The first-order valence-corrected chi connectivity index (χ1v) is 9.33. The second-order valence-electron chi connectivity index (χ2n) is 4.85. The minimum Gasteiger partial charge on any atom is -0.481 e. The lowest BCUT2D eigenvalue weighted by atomic mass is 9.91. The van der Waals surface area contributed by atoms with Crippen molar-refractivity contribution in [2.24, 2.45) is 0 Å². The number of aryl methyl sites for hydroxylation is 1. The fourth-order valence-electron chi connectivity index (χ4n) is 2.32. The van der Waals surface area contributed by atoms with Crippen molar-refractivity contribution in [2.45, 2.75) is 32.1 Å². The monoisotopic (exact) mass is 333 g/mol. The van der Waals surface area contributed by atoms with Crippen LogP contribution in [-0.4, -0.2) is 43.3 Å². The van der Waals surface area contributed by atoms with Crippen molar-refractivity contribution < 1.29 is 18.3 Å². The molecule has 1 unspecified atom stereocenters. The number of sulfonamides is 1. The summed E-state index contributed by atoms with van der Waals surface area (Å²) < 4.78 is 25.4. The number of thiazole rings is 1. The maximum Gasteiger partial charge on any atom is 0.312 e. The van der Waals surface area contributed by atoms with Crippen molar-refractivity contribution >= 4 is 32.5 Å². The second kappa shape index (κ2) is 6.71. The predicted octanol–water partition coefficient (Wildman–Crippen LogP) is 0.999. The zero-order valence-electron chi connectivity index (χ0n) is 11.8. The van der Waals surface area contributed by atoms with Crippen molar-refractivity contribution in [1.82, 2.24) is 9.71 Å². The normalized spacial score (nSPS) is 18.2. The molecule has 0 saturated heterocycles. The first-order valence-electron chi connectivity index (χ1n) is 6.86. The Bertz CT molecular complexity index is 612. The summed E-state index contributed by atoms with van der Waals surface area (Å²) in [6.45, 7) is 2.35. The van der Waals surface area contributed by atoms with E-state index in [2.05, 4.69) is 15.0 Å². The van der Waals surface area contributed by atoms with Crippen molar-refractivity contribution in [3.63, 3.8) is 0 Å². The van der Waals surface area contributed by atoms with Gasteiger partial charge in [0.05, 0.1) is 11.4 Å². The van der Waals surface area contributed by atoms with Crippen molar-refractivity contribution in [3.05, 3.63) is 10.6 Å². The molecule has 0 aliphatic heterocycles. The van der Waals surface area contributed by atoms with Crippen molar-refractivity contribution in [3.8, 4) is 0 Å². The van der Waals surface area contributed by atoms with Gasteiger partial charge in [0.15, 0.2) is 5.13 Å². The van der Waals surface area contributed by atoms with Gasteiger partial charge in [-0.25, -0.2) is 18.1 Å². The Morgan fingerprint density at radius 3 is 2.95 bits per heavy atom. The molecule has 21 heavy (non-hydrogen) atoms. The largest absolute Gasteiger partial charge is 0.481 e. The van der Waals surface area contributed by atoms with E-state index in [0.29, 0.717) is 23.8 Å². The number of hydrogen-bond donors (Lipinski definition) is 3. The summed E-state index contributed by atoms with van der Waals surface area (Å²) in [4.78, 5) is 16.5. The Balaban J connectivity index is 1.99. The van der Waals surface area contributed by atoms with Gasteiger partial charge in [-0.3, -0.25) is 4.79 Å². The van der Waals surface area contributed by atoms with Gasteiger partial charge in [0, 0.05) is 18.0 Å². The van der Waals surface area contributed by atoms with Crippen LogP contribution < -0.4 is 10.0 Å². The summed E-state index contributed by atoms with van der Waals surface area (Å²) in [5.74, 6) is -1.42. The Labute approximate surface area is 127 Å². The SMILES string of the molecule is CCNS(=O)(=O)CCNc1nc2c(s1)CCCC2C(=O)O. The van der Waals surface area contributed by atoms with Crippen LogP contribution in [-0.2, 0) is 21.2 Å². The molecule has 2 rings (SSSR count). The molecule has 1 atom stereocenters. The van der Waals surface area contributed by atoms with E-state index in [1.54, 1.807) is 6.92 Å². The third-order valence-corrected chi connectivity index (χ3v) is 5.82. The number of carboxylic acids is 1. The first-order chi connectivity index (χ1) is 9.93. The average molecular weight is 333 g/mol. The molecule has 0 spiro atoms. The molecule has 0 saturated carbocycles. The van der Waals surface area contributed by atoms with Gasteiger partial charge in [-0.05, 0) is 19.3 Å². The van der Waals surface area contributed by atoms with Crippen LogP contribution in [0, 0.1) is 0 Å². The number of hydrogen-bond acceptors (Lipinski definition) is 6. The number of fused-ring (bicyclic) bond motifs is 1. The zero-order chi connectivity index (χ0) is 15.5. The van der Waals surface area contributed by atoms with E-state index in [9.17, 15) is 18.3 Å². The van der Waals surface area contributed by atoms with E-state index in [1.807, 2.05) is 0 Å². The van der Waals surface area contributed by atoms with Crippen LogP contribution in [0.1, 0.15) is 36.3 Å². The molecule has 9 heteroatoms. The Kier molecular flexibility index (Phi) is 5.17. The maximum absolute atomic E-state index is 11.5. The van der Waals surface area contributed by atoms with Crippen LogP contribution in [0.2, 0.25) is 0 Å². The highest BCUT2D eigenvalue weighted by Crippen LogP contribution is 2.36. The molecule has 1 aromatic rings. The van der Waals surface area contributed by atoms with Gasteiger partial charge in [0.2, 0.25) is 10.0 Å². The molecule has 0 radical (unpaired) electrons. The lowest BCUT2D eigenvalue weighted by Crippen LogP contribution is -2.29. The fourth-order valence-corrected chi connectivity index (χ4v) is 4.36. The molecule has 1 aliphatic rings. The molecule has 0 amide bonds. The van der Waals surface area contributed by atoms with Gasteiger partial charge >= 0.3 is 5.97 Å². The number of nitrogens with one attached hydrogen (secondary N) is 2. The van der Waals surface area contributed by atoms with Crippen molar-refractivity contribution in [2.75, 3.05) is 24.2 Å². The standard InChI is InChI=1S/C12H19N3O4S2/c1-2-14-21(18,19)7-6-13-12-15-10-8(11(16)17)4-3-5-9(10)20-12/h8,14H,2-7H2,1H3,(H,13,15)(H,16,17). The lowest BCUT2D eigenvalue weighted by Gasteiger charge is -2.16. The topological polar surface area (TPSA) is 108 Å². The number of anilines is 1. The van der Waals surface area contributed by atoms with Gasteiger partial charge in [-0.15, -0.1) is 11.3 Å². The van der Waals surface area contributed by atoms with E-state index in [1.165, 1.54) is 11.3 Å². The third kappa shape index (κ3) is 4.14. The van der Waals surface area contributed by atoms with Crippen LogP contribution >= 0.6 is 11.3 Å². The summed E-state index contributed by atoms with van der Waals surface area (Å²) in [6, 6.07) is 0. The lowest BCUT2D eigenvalue weighted by molar-refractivity contribution is -0.139. The van der Waals surface area contributed by atoms with Crippen molar-refractivity contribution in [1.29, 1.82) is 0 Å². The van der Waals surface area contributed by atoms with Crippen LogP contribution in [0.4, 0.5) is 5.13 Å². The summed E-state index contributed by atoms with van der Waals surface area (Å²) in [7, 11) is -3.26. The van der Waals surface area contributed by atoms with Crippen LogP contribution in [0.15, 0.2) is 0 Å². The van der Waals surface area contributed by atoms with Crippen LogP contribution in [0.25, 0.3) is 0 Å².